The van der Waals surface area contributed by atoms with Crippen LogP contribution in [-0.4, -0.2) is 15.2 Å². The predicted molar refractivity (Wildman–Crippen MR) is 74.7 cm³/mol. The lowest BCUT2D eigenvalue weighted by molar-refractivity contribution is 0.351. The van der Waals surface area contributed by atoms with E-state index in [-0.39, 0.29) is 11.8 Å². The van der Waals surface area contributed by atoms with Crippen LogP contribution in [0.2, 0.25) is 0 Å². The minimum Gasteiger partial charge on any atom is -0.508 e. The maximum atomic E-state index is 9.93. The van der Waals surface area contributed by atoms with Crippen molar-refractivity contribution in [2.45, 2.75) is 32.9 Å². The lowest BCUT2D eigenvalue weighted by atomic mass is 10.0. The van der Waals surface area contributed by atoms with Crippen molar-refractivity contribution in [2.24, 2.45) is 0 Å². The van der Waals surface area contributed by atoms with Crippen molar-refractivity contribution in [3.63, 3.8) is 0 Å². The van der Waals surface area contributed by atoms with Crippen molar-refractivity contribution < 1.29 is 9.63 Å². The van der Waals surface area contributed by atoms with E-state index in [1.807, 2.05) is 12.1 Å². The molecule has 0 aliphatic heterocycles. The number of aromatic hydroxyl groups is 1. The van der Waals surface area contributed by atoms with Crippen molar-refractivity contribution in [3.8, 4) is 5.75 Å². The number of nitrogens with zero attached hydrogens (tertiary/aromatic N) is 2. The molecule has 0 bridgehead atoms. The number of hydrogen-bond donors (Lipinski definition) is 2. The topological polar surface area (TPSA) is 71.2 Å². The molecule has 5 nitrogen and oxygen atoms in total. The first-order valence-corrected chi connectivity index (χ1v) is 6.90. The molecule has 1 heterocycles. The van der Waals surface area contributed by atoms with Gasteiger partial charge in [-0.05, 0) is 31.5 Å². The molecule has 1 unspecified atom stereocenters. The summed E-state index contributed by atoms with van der Waals surface area (Å²) in [6, 6.07) is 5.44. The second-order valence-electron chi connectivity index (χ2n) is 4.28. The third-order valence-corrected chi connectivity index (χ3v) is 3.34. The largest absolute Gasteiger partial charge is 0.508 e. The van der Waals surface area contributed by atoms with Gasteiger partial charge in [-0.2, -0.15) is 4.98 Å². The Morgan fingerprint density at radius 1 is 1.47 bits per heavy atom. The van der Waals surface area contributed by atoms with Crippen LogP contribution in [0.5, 0.6) is 5.75 Å². The Morgan fingerprint density at radius 3 is 2.89 bits per heavy atom. The van der Waals surface area contributed by atoms with Crippen LogP contribution in [0.15, 0.2) is 27.2 Å². The second-order valence-corrected chi connectivity index (χ2v) is 5.20. The molecule has 0 spiro atoms. The highest BCUT2D eigenvalue weighted by atomic mass is 79.9. The number of rotatable bonds is 5. The summed E-state index contributed by atoms with van der Waals surface area (Å²) in [6.07, 6.45) is 0.844. The standard InChI is InChI=1S/C13H16BrN3O2/c1-3-11(10-6-9(14)4-5-12(10)18)15-7-13-16-8(2)17-19-13/h4-6,11,15,18H,3,7H2,1-2H3. The van der Waals surface area contributed by atoms with E-state index >= 15 is 0 Å². The molecule has 6 heteroatoms. The summed E-state index contributed by atoms with van der Waals surface area (Å²) in [5.41, 5.74) is 0.855. The summed E-state index contributed by atoms with van der Waals surface area (Å²) in [7, 11) is 0. The normalized spacial score (nSPS) is 12.6. The van der Waals surface area contributed by atoms with Gasteiger partial charge in [-0.15, -0.1) is 0 Å². The van der Waals surface area contributed by atoms with E-state index in [9.17, 15) is 5.11 Å². The molecular formula is C13H16BrN3O2. The molecule has 0 aliphatic rings. The van der Waals surface area contributed by atoms with E-state index in [2.05, 4.69) is 38.3 Å². The molecule has 1 aromatic heterocycles. The minimum absolute atomic E-state index is 0.0321. The summed E-state index contributed by atoms with van der Waals surface area (Å²) < 4.78 is 5.99. The van der Waals surface area contributed by atoms with Crippen molar-refractivity contribution >= 4 is 15.9 Å². The SMILES string of the molecule is CCC(NCc1nc(C)no1)c1cc(Br)ccc1O. The molecule has 2 rings (SSSR count). The number of phenols is 1. The van der Waals surface area contributed by atoms with Crippen LogP contribution in [-0.2, 0) is 6.54 Å². The van der Waals surface area contributed by atoms with Crippen LogP contribution in [0.4, 0.5) is 0 Å². The van der Waals surface area contributed by atoms with Crippen LogP contribution < -0.4 is 5.32 Å². The van der Waals surface area contributed by atoms with E-state index in [4.69, 9.17) is 4.52 Å². The van der Waals surface area contributed by atoms with Crippen molar-refractivity contribution in [3.05, 3.63) is 40.0 Å². The van der Waals surface area contributed by atoms with Gasteiger partial charge in [0.1, 0.15) is 5.75 Å². The Morgan fingerprint density at radius 2 is 2.26 bits per heavy atom. The third kappa shape index (κ3) is 3.54. The zero-order valence-corrected chi connectivity index (χ0v) is 12.4. The zero-order valence-electron chi connectivity index (χ0n) is 10.9. The first-order chi connectivity index (χ1) is 9.10. The number of aryl methyl sites for hydroxylation is 1. The Labute approximate surface area is 120 Å². The first kappa shape index (κ1) is 14.0. The minimum atomic E-state index is 0.0321. The van der Waals surface area contributed by atoms with Gasteiger partial charge < -0.3 is 14.9 Å². The molecule has 2 N–H and O–H groups in total. The van der Waals surface area contributed by atoms with Gasteiger partial charge in [-0.3, -0.25) is 0 Å². The average molecular weight is 326 g/mol. The van der Waals surface area contributed by atoms with E-state index in [0.717, 1.165) is 16.5 Å². The smallest absolute Gasteiger partial charge is 0.240 e. The van der Waals surface area contributed by atoms with Gasteiger partial charge in [-0.1, -0.05) is 28.0 Å². The zero-order chi connectivity index (χ0) is 13.8. The molecule has 0 radical (unpaired) electrons. The highest BCUT2D eigenvalue weighted by Gasteiger charge is 2.15. The van der Waals surface area contributed by atoms with Crippen molar-refractivity contribution in [1.82, 2.24) is 15.5 Å². The molecule has 0 amide bonds. The first-order valence-electron chi connectivity index (χ1n) is 6.11. The Balaban J connectivity index is 2.09. The summed E-state index contributed by atoms with van der Waals surface area (Å²) in [5.74, 6) is 1.45. The number of phenolic OH excluding ortho intramolecular Hbond substituents is 1. The number of aromatic nitrogens is 2. The number of hydrogen-bond acceptors (Lipinski definition) is 5. The summed E-state index contributed by atoms with van der Waals surface area (Å²) in [6.45, 7) is 4.31. The molecule has 0 saturated heterocycles. The van der Waals surface area contributed by atoms with Crippen LogP contribution in [0.1, 0.15) is 36.7 Å². The maximum Gasteiger partial charge on any atom is 0.240 e. The fourth-order valence-electron chi connectivity index (χ4n) is 1.90. The molecular weight excluding hydrogens is 310 g/mol. The molecule has 1 aromatic carbocycles. The molecule has 0 fully saturated rings. The monoisotopic (exact) mass is 325 g/mol. The Hall–Kier alpha value is -1.40. The van der Waals surface area contributed by atoms with Gasteiger partial charge in [0.15, 0.2) is 5.82 Å². The van der Waals surface area contributed by atoms with Crippen LogP contribution in [0, 0.1) is 6.92 Å². The molecule has 1 atom stereocenters. The Bertz CT molecular complexity index is 557. The van der Waals surface area contributed by atoms with Gasteiger partial charge in [0.25, 0.3) is 0 Å². The number of benzene rings is 1. The van der Waals surface area contributed by atoms with Crippen LogP contribution >= 0.6 is 15.9 Å². The van der Waals surface area contributed by atoms with Crippen LogP contribution in [0.3, 0.4) is 0 Å². The van der Waals surface area contributed by atoms with Gasteiger partial charge >= 0.3 is 0 Å². The van der Waals surface area contributed by atoms with Gasteiger partial charge in [0.05, 0.1) is 6.54 Å². The molecule has 19 heavy (non-hydrogen) atoms. The van der Waals surface area contributed by atoms with Crippen molar-refractivity contribution in [2.75, 3.05) is 0 Å². The van der Waals surface area contributed by atoms with Crippen LogP contribution in [0.25, 0.3) is 0 Å². The molecule has 0 saturated carbocycles. The van der Waals surface area contributed by atoms with E-state index in [0.29, 0.717) is 18.3 Å². The van der Waals surface area contributed by atoms with E-state index in [1.165, 1.54) is 0 Å². The summed E-state index contributed by atoms with van der Waals surface area (Å²) in [4.78, 5) is 4.14. The third-order valence-electron chi connectivity index (χ3n) is 2.84. The van der Waals surface area contributed by atoms with Gasteiger partial charge in [0, 0.05) is 16.1 Å². The lowest BCUT2D eigenvalue weighted by Crippen LogP contribution is -2.20. The number of halogens is 1. The highest BCUT2D eigenvalue weighted by Crippen LogP contribution is 2.29. The van der Waals surface area contributed by atoms with Gasteiger partial charge in [-0.25, -0.2) is 0 Å². The fraction of sp³-hybridized carbons (Fsp3) is 0.385. The van der Waals surface area contributed by atoms with Gasteiger partial charge in [0.2, 0.25) is 5.89 Å². The maximum absolute atomic E-state index is 9.93. The quantitative estimate of drug-likeness (QED) is 0.883. The number of nitrogens with one attached hydrogen (secondary N) is 1. The van der Waals surface area contributed by atoms with E-state index < -0.39 is 0 Å². The summed E-state index contributed by atoms with van der Waals surface area (Å²) in [5, 5.41) is 17.0. The average Bonchev–Trinajstić information content (AvgIpc) is 2.80. The molecule has 2 aromatic rings. The predicted octanol–water partition coefficient (Wildman–Crippen LogP) is 3.09. The Kier molecular flexibility index (Phi) is 4.55. The highest BCUT2D eigenvalue weighted by molar-refractivity contribution is 9.10. The lowest BCUT2D eigenvalue weighted by Gasteiger charge is -2.17. The van der Waals surface area contributed by atoms with Crippen molar-refractivity contribution in [1.29, 1.82) is 0 Å². The van der Waals surface area contributed by atoms with E-state index in [1.54, 1.807) is 13.0 Å². The molecule has 0 aliphatic carbocycles. The second kappa shape index (κ2) is 6.16. The summed E-state index contributed by atoms with van der Waals surface area (Å²) >= 11 is 3.41. The fourth-order valence-corrected chi connectivity index (χ4v) is 2.28. The molecule has 102 valence electrons.